The van der Waals surface area contributed by atoms with E-state index in [1.165, 1.54) is 0 Å². The van der Waals surface area contributed by atoms with Crippen LogP contribution in [0.4, 0.5) is 13.2 Å². The molecule has 198 valence electrons. The SMILES string of the molecule is CCc1nc2c(F)ccc(OCC(=O)O)c2c(OC(F)F)c1Cc1ccc(S(=O)N2CCOCC2)cc1. The molecular weight excluding hydrogens is 513 g/mol. The normalized spacial score (nSPS) is 15.2. The van der Waals surface area contributed by atoms with Crippen LogP contribution in [0, 0.1) is 5.82 Å². The monoisotopic (exact) mass is 538 g/mol. The number of rotatable bonds is 10. The fourth-order valence-corrected chi connectivity index (χ4v) is 5.25. The first-order chi connectivity index (χ1) is 17.8. The van der Waals surface area contributed by atoms with Crippen molar-refractivity contribution in [1.82, 2.24) is 9.29 Å². The second-order valence-corrected chi connectivity index (χ2v) is 9.65. The maximum Gasteiger partial charge on any atom is 0.387 e. The Hall–Kier alpha value is -3.22. The number of carbonyl (C=O) groups is 1. The molecule has 3 aromatic rings. The molecule has 0 radical (unpaired) electrons. The van der Waals surface area contributed by atoms with Gasteiger partial charge in [0.25, 0.3) is 0 Å². The lowest BCUT2D eigenvalue weighted by molar-refractivity contribution is -0.139. The van der Waals surface area contributed by atoms with Crippen LogP contribution in [0.2, 0.25) is 0 Å². The highest BCUT2D eigenvalue weighted by molar-refractivity contribution is 7.82. The fourth-order valence-electron chi connectivity index (χ4n) is 4.10. The molecular formula is C25H25F3N2O6S. The fraction of sp³-hybridized carbons (Fsp3) is 0.360. The standard InChI is InChI=1S/C25H25F3N2O6S/c1-2-19-17(13-15-3-5-16(6-4-15)37(33)30-9-11-34-12-10-30)24(36-25(27)28)22-20(35-14-21(31)32)8-7-18(26)23(22)29-19/h3-8,25H,2,9-14H2,1H3,(H,31,32). The predicted octanol–water partition coefficient (Wildman–Crippen LogP) is 3.95. The van der Waals surface area contributed by atoms with Gasteiger partial charge in [0.05, 0.1) is 23.5 Å². The van der Waals surface area contributed by atoms with Gasteiger partial charge >= 0.3 is 12.6 Å². The summed E-state index contributed by atoms with van der Waals surface area (Å²) < 4.78 is 71.9. The molecule has 1 atom stereocenters. The summed E-state index contributed by atoms with van der Waals surface area (Å²) in [6.07, 6.45) is 0.400. The largest absolute Gasteiger partial charge is 0.481 e. The molecule has 2 heterocycles. The maximum absolute atomic E-state index is 14.7. The van der Waals surface area contributed by atoms with Crippen molar-refractivity contribution in [2.24, 2.45) is 0 Å². The van der Waals surface area contributed by atoms with E-state index in [1.807, 2.05) is 4.31 Å². The highest BCUT2D eigenvalue weighted by Crippen LogP contribution is 2.40. The third kappa shape index (κ3) is 6.20. The molecule has 1 fully saturated rings. The zero-order chi connectivity index (χ0) is 26.5. The Balaban J connectivity index is 1.75. The Morgan fingerprint density at radius 2 is 1.89 bits per heavy atom. The maximum atomic E-state index is 14.7. The van der Waals surface area contributed by atoms with Gasteiger partial charge in [0.15, 0.2) is 6.61 Å². The van der Waals surface area contributed by atoms with Crippen LogP contribution in [0.3, 0.4) is 0 Å². The molecule has 0 spiro atoms. The van der Waals surface area contributed by atoms with Crippen molar-refractivity contribution in [3.8, 4) is 11.5 Å². The minimum atomic E-state index is -3.23. The highest BCUT2D eigenvalue weighted by atomic mass is 32.2. The van der Waals surface area contributed by atoms with Gasteiger partial charge in [-0.1, -0.05) is 19.1 Å². The van der Waals surface area contributed by atoms with Crippen molar-refractivity contribution in [3.05, 3.63) is 59.0 Å². The topological polar surface area (TPSA) is 98.2 Å². The van der Waals surface area contributed by atoms with E-state index in [4.69, 9.17) is 19.3 Å². The molecule has 1 aliphatic rings. The molecule has 8 nitrogen and oxygen atoms in total. The number of pyridine rings is 1. The number of carboxylic acids is 1. The molecule has 12 heteroatoms. The number of hydrogen-bond donors (Lipinski definition) is 1. The first kappa shape index (κ1) is 26.8. The van der Waals surface area contributed by atoms with Gasteiger partial charge in [-0.15, -0.1) is 0 Å². The number of aliphatic carboxylic acids is 1. The molecule has 1 N–H and O–H groups in total. The van der Waals surface area contributed by atoms with Gasteiger partial charge in [-0.05, 0) is 36.2 Å². The van der Waals surface area contributed by atoms with Gasteiger partial charge in [-0.3, -0.25) is 0 Å². The molecule has 0 amide bonds. The van der Waals surface area contributed by atoms with Crippen LogP contribution in [0.1, 0.15) is 23.7 Å². The molecule has 37 heavy (non-hydrogen) atoms. The summed E-state index contributed by atoms with van der Waals surface area (Å²) in [5.41, 5.74) is 1.08. The molecule has 1 aliphatic heterocycles. The second-order valence-electron chi connectivity index (χ2n) is 8.16. The van der Waals surface area contributed by atoms with E-state index in [-0.39, 0.29) is 28.8 Å². The Bertz CT molecular complexity index is 1300. The van der Waals surface area contributed by atoms with E-state index in [0.717, 1.165) is 12.1 Å². The quantitative estimate of drug-likeness (QED) is 0.418. The summed E-state index contributed by atoms with van der Waals surface area (Å²) in [6, 6.07) is 9.07. The minimum Gasteiger partial charge on any atom is -0.481 e. The minimum absolute atomic E-state index is 0.105. The lowest BCUT2D eigenvalue weighted by Gasteiger charge is -2.25. The number of benzene rings is 2. The summed E-state index contributed by atoms with van der Waals surface area (Å²) in [6.45, 7) is -0.137. The highest BCUT2D eigenvalue weighted by Gasteiger charge is 2.25. The van der Waals surface area contributed by atoms with E-state index in [1.54, 1.807) is 31.2 Å². The zero-order valence-corrected chi connectivity index (χ0v) is 20.7. The van der Waals surface area contributed by atoms with Crippen molar-refractivity contribution in [2.45, 2.75) is 31.3 Å². The summed E-state index contributed by atoms with van der Waals surface area (Å²) in [5.74, 6) is -2.53. The van der Waals surface area contributed by atoms with Crippen LogP contribution in [0.15, 0.2) is 41.3 Å². The van der Waals surface area contributed by atoms with Crippen LogP contribution in [0.25, 0.3) is 10.9 Å². The summed E-state index contributed by atoms with van der Waals surface area (Å²) in [5, 5.41) is 8.83. The van der Waals surface area contributed by atoms with Gasteiger partial charge in [-0.25, -0.2) is 22.7 Å². The number of ether oxygens (including phenoxy) is 3. The number of nitrogens with zero attached hydrogens (tertiary/aromatic N) is 2. The number of halogens is 3. The number of aromatic nitrogens is 1. The van der Waals surface area contributed by atoms with Crippen LogP contribution in [-0.2, 0) is 33.4 Å². The Labute approximate surface area is 213 Å². The molecule has 1 aromatic heterocycles. The van der Waals surface area contributed by atoms with Gasteiger partial charge in [0.2, 0.25) is 0 Å². The summed E-state index contributed by atoms with van der Waals surface area (Å²) >= 11 is 0. The van der Waals surface area contributed by atoms with Crippen LogP contribution in [0.5, 0.6) is 11.5 Å². The smallest absolute Gasteiger partial charge is 0.387 e. The zero-order valence-electron chi connectivity index (χ0n) is 19.9. The molecule has 2 aromatic carbocycles. The Morgan fingerprint density at radius 3 is 2.51 bits per heavy atom. The summed E-state index contributed by atoms with van der Waals surface area (Å²) in [7, 11) is -1.36. The lowest BCUT2D eigenvalue weighted by atomic mass is 9.98. The number of alkyl halides is 2. The number of hydrogen-bond acceptors (Lipinski definition) is 6. The first-order valence-corrected chi connectivity index (χ1v) is 12.7. The molecule has 0 saturated carbocycles. The molecule has 4 rings (SSSR count). The van der Waals surface area contributed by atoms with Gasteiger partial charge in [0, 0.05) is 30.8 Å². The van der Waals surface area contributed by atoms with Crippen molar-refractivity contribution in [2.75, 3.05) is 32.9 Å². The van der Waals surface area contributed by atoms with E-state index in [2.05, 4.69) is 4.98 Å². The van der Waals surface area contributed by atoms with E-state index in [9.17, 15) is 22.2 Å². The third-order valence-electron chi connectivity index (χ3n) is 5.79. The van der Waals surface area contributed by atoms with Gasteiger partial charge in [-0.2, -0.15) is 8.78 Å². The predicted molar refractivity (Wildman–Crippen MR) is 129 cm³/mol. The van der Waals surface area contributed by atoms with Gasteiger partial charge in [0.1, 0.15) is 33.8 Å². The lowest BCUT2D eigenvalue weighted by Crippen LogP contribution is -2.37. The van der Waals surface area contributed by atoms with E-state index < -0.39 is 36.0 Å². The van der Waals surface area contributed by atoms with Crippen molar-refractivity contribution in [1.29, 1.82) is 0 Å². The summed E-state index contributed by atoms with van der Waals surface area (Å²) in [4.78, 5) is 16.0. The number of fused-ring (bicyclic) bond motifs is 1. The van der Waals surface area contributed by atoms with Gasteiger partial charge < -0.3 is 19.3 Å². The first-order valence-electron chi connectivity index (χ1n) is 11.5. The van der Waals surface area contributed by atoms with Crippen molar-refractivity contribution in [3.63, 3.8) is 0 Å². The Kier molecular flexibility index (Phi) is 8.62. The number of carboxylic acid groups (broad SMARTS) is 1. The number of morpholine rings is 1. The van der Waals surface area contributed by atoms with Crippen LogP contribution in [-0.4, -0.2) is 64.1 Å². The van der Waals surface area contributed by atoms with Crippen LogP contribution >= 0.6 is 0 Å². The van der Waals surface area contributed by atoms with Crippen molar-refractivity contribution >= 4 is 27.9 Å². The van der Waals surface area contributed by atoms with E-state index in [0.29, 0.717) is 54.4 Å². The van der Waals surface area contributed by atoms with Crippen molar-refractivity contribution < 1.29 is 41.5 Å². The molecule has 1 unspecified atom stereocenters. The van der Waals surface area contributed by atoms with Crippen LogP contribution < -0.4 is 9.47 Å². The Morgan fingerprint density at radius 1 is 1.19 bits per heavy atom. The molecule has 0 bridgehead atoms. The third-order valence-corrected chi connectivity index (χ3v) is 7.30. The van der Waals surface area contributed by atoms with E-state index >= 15 is 0 Å². The second kappa shape index (κ2) is 11.9. The molecule has 1 saturated heterocycles. The molecule has 0 aliphatic carbocycles. The average Bonchev–Trinajstić information content (AvgIpc) is 2.89. The average molecular weight is 539 g/mol. The number of aryl methyl sites for hydroxylation is 1.